The molecule has 182 valence electrons. The summed E-state index contributed by atoms with van der Waals surface area (Å²) in [6.07, 6.45) is 3.28. The van der Waals surface area contributed by atoms with Crippen LogP contribution in [0.15, 0.2) is 48.5 Å². The highest BCUT2D eigenvalue weighted by Gasteiger charge is 2.24. The molecule has 1 aromatic heterocycles. The van der Waals surface area contributed by atoms with Gasteiger partial charge in [0.05, 0.1) is 12.2 Å². The largest absolute Gasteiger partial charge is 0.336 e. The van der Waals surface area contributed by atoms with Gasteiger partial charge in [-0.25, -0.2) is 8.78 Å². The molecule has 35 heavy (non-hydrogen) atoms. The van der Waals surface area contributed by atoms with E-state index in [4.69, 9.17) is 11.6 Å². The molecule has 6 nitrogen and oxygen atoms in total. The molecule has 0 bridgehead atoms. The molecule has 3 aromatic rings. The first-order chi connectivity index (χ1) is 16.7. The van der Waals surface area contributed by atoms with Crippen molar-refractivity contribution in [3.05, 3.63) is 93.3 Å². The monoisotopic (exact) mass is 498 g/mol. The fourth-order valence-electron chi connectivity index (χ4n) is 4.10. The lowest BCUT2D eigenvalue weighted by Gasteiger charge is -2.34. The van der Waals surface area contributed by atoms with E-state index in [9.17, 15) is 18.4 Å². The Balaban J connectivity index is 1.37. The predicted molar refractivity (Wildman–Crippen MR) is 130 cm³/mol. The second-order valence-electron chi connectivity index (χ2n) is 8.41. The average molecular weight is 499 g/mol. The first-order valence-corrected chi connectivity index (χ1v) is 11.6. The van der Waals surface area contributed by atoms with Crippen LogP contribution in [0, 0.1) is 25.5 Å². The van der Waals surface area contributed by atoms with E-state index in [0.29, 0.717) is 37.7 Å². The number of carbonyl (C=O) groups is 2. The van der Waals surface area contributed by atoms with Gasteiger partial charge in [0.2, 0.25) is 5.91 Å². The number of aromatic nitrogens is 2. The summed E-state index contributed by atoms with van der Waals surface area (Å²) in [6, 6.07) is 10.7. The van der Waals surface area contributed by atoms with E-state index in [1.807, 2.05) is 42.8 Å². The van der Waals surface area contributed by atoms with Crippen LogP contribution in [0.1, 0.15) is 32.9 Å². The number of carbonyl (C=O) groups excluding carboxylic acids is 2. The van der Waals surface area contributed by atoms with Gasteiger partial charge in [0, 0.05) is 54.1 Å². The number of nitrogens with zero attached hydrogens (tertiary/aromatic N) is 4. The molecule has 2 amide bonds. The maximum Gasteiger partial charge on any atom is 0.254 e. The fourth-order valence-corrected chi connectivity index (χ4v) is 4.29. The van der Waals surface area contributed by atoms with Gasteiger partial charge in [0.15, 0.2) is 11.6 Å². The number of amides is 2. The molecule has 0 unspecified atom stereocenters. The van der Waals surface area contributed by atoms with Gasteiger partial charge in [-0.15, -0.1) is 0 Å². The Bertz CT molecular complexity index is 1300. The van der Waals surface area contributed by atoms with Crippen molar-refractivity contribution >= 4 is 29.5 Å². The van der Waals surface area contributed by atoms with Crippen LogP contribution in [-0.4, -0.2) is 57.6 Å². The molecule has 0 aliphatic carbocycles. The van der Waals surface area contributed by atoms with E-state index in [2.05, 4.69) is 5.10 Å². The summed E-state index contributed by atoms with van der Waals surface area (Å²) in [5.41, 5.74) is 3.65. The van der Waals surface area contributed by atoms with Crippen LogP contribution < -0.4 is 0 Å². The standard InChI is InChI=1S/C26H25ClF2N4O2/c1-17-21(18(2)33(30-17)16-20-5-3-4-6-22(20)27)8-10-25(34)31-11-13-32(14-12-31)26(35)19-7-9-23(28)24(29)15-19/h3-10,15H,11-14,16H2,1-2H3/b10-8+. The highest BCUT2D eigenvalue weighted by atomic mass is 35.5. The summed E-state index contributed by atoms with van der Waals surface area (Å²) in [5, 5.41) is 5.27. The second-order valence-corrected chi connectivity index (χ2v) is 8.82. The molecule has 2 aromatic carbocycles. The Morgan fingerprint density at radius 3 is 2.37 bits per heavy atom. The second kappa shape index (κ2) is 10.4. The van der Waals surface area contributed by atoms with Crippen LogP contribution in [0.25, 0.3) is 6.08 Å². The lowest BCUT2D eigenvalue weighted by atomic mass is 10.1. The van der Waals surface area contributed by atoms with Crippen molar-refractivity contribution in [2.24, 2.45) is 0 Å². The zero-order valence-corrected chi connectivity index (χ0v) is 20.2. The molecule has 2 heterocycles. The molecule has 0 N–H and O–H groups in total. The summed E-state index contributed by atoms with van der Waals surface area (Å²) in [6.45, 7) is 5.69. The van der Waals surface area contributed by atoms with Crippen molar-refractivity contribution in [2.45, 2.75) is 20.4 Å². The van der Waals surface area contributed by atoms with Crippen molar-refractivity contribution in [3.63, 3.8) is 0 Å². The molecule has 0 saturated carbocycles. The van der Waals surface area contributed by atoms with Gasteiger partial charge in [-0.2, -0.15) is 5.10 Å². The third kappa shape index (κ3) is 5.43. The molecule has 9 heteroatoms. The number of halogens is 3. The Kier molecular flexibility index (Phi) is 7.31. The summed E-state index contributed by atoms with van der Waals surface area (Å²) < 4.78 is 28.5. The summed E-state index contributed by atoms with van der Waals surface area (Å²) >= 11 is 6.28. The van der Waals surface area contributed by atoms with Crippen molar-refractivity contribution in [1.29, 1.82) is 0 Å². The quantitative estimate of drug-likeness (QED) is 0.487. The molecular formula is C26H25ClF2N4O2. The topological polar surface area (TPSA) is 58.4 Å². The van der Waals surface area contributed by atoms with E-state index >= 15 is 0 Å². The van der Waals surface area contributed by atoms with Gasteiger partial charge in [0.1, 0.15) is 0 Å². The zero-order valence-electron chi connectivity index (χ0n) is 19.5. The number of benzene rings is 2. The average Bonchev–Trinajstić information content (AvgIpc) is 3.12. The van der Waals surface area contributed by atoms with Gasteiger partial charge in [-0.3, -0.25) is 14.3 Å². The maximum absolute atomic E-state index is 13.5. The van der Waals surface area contributed by atoms with E-state index < -0.39 is 11.6 Å². The van der Waals surface area contributed by atoms with Gasteiger partial charge in [-0.1, -0.05) is 29.8 Å². The number of aryl methyl sites for hydroxylation is 1. The minimum atomic E-state index is -1.06. The lowest BCUT2D eigenvalue weighted by Crippen LogP contribution is -2.50. The molecule has 1 fully saturated rings. The van der Waals surface area contributed by atoms with Crippen molar-refractivity contribution in [2.75, 3.05) is 26.2 Å². The van der Waals surface area contributed by atoms with E-state index in [1.54, 1.807) is 11.0 Å². The van der Waals surface area contributed by atoms with Crippen molar-refractivity contribution < 1.29 is 18.4 Å². The normalized spacial score (nSPS) is 14.1. The third-order valence-electron chi connectivity index (χ3n) is 6.15. The first kappa shape index (κ1) is 24.6. The van der Waals surface area contributed by atoms with Crippen molar-refractivity contribution in [1.82, 2.24) is 19.6 Å². The van der Waals surface area contributed by atoms with E-state index in [1.165, 1.54) is 17.0 Å². The SMILES string of the molecule is Cc1nn(Cc2ccccc2Cl)c(C)c1/C=C/C(=O)N1CCN(C(=O)c2ccc(F)c(F)c2)CC1. The Labute approximate surface area is 207 Å². The maximum atomic E-state index is 13.5. The zero-order chi connectivity index (χ0) is 25.1. The van der Waals surface area contributed by atoms with Crippen LogP contribution >= 0.6 is 11.6 Å². The van der Waals surface area contributed by atoms with E-state index in [-0.39, 0.29) is 17.4 Å². The molecule has 0 radical (unpaired) electrons. The highest BCUT2D eigenvalue weighted by molar-refractivity contribution is 6.31. The van der Waals surface area contributed by atoms with Gasteiger partial charge in [0.25, 0.3) is 5.91 Å². The highest BCUT2D eigenvalue weighted by Crippen LogP contribution is 2.20. The molecule has 0 atom stereocenters. The number of hydrogen-bond acceptors (Lipinski definition) is 3. The molecule has 4 rings (SSSR count). The summed E-state index contributed by atoms with van der Waals surface area (Å²) in [7, 11) is 0. The minimum Gasteiger partial charge on any atom is -0.336 e. The molecule has 1 aliphatic heterocycles. The smallest absolute Gasteiger partial charge is 0.254 e. The fraction of sp³-hybridized carbons (Fsp3) is 0.269. The summed E-state index contributed by atoms with van der Waals surface area (Å²) in [5.74, 6) is -2.61. The van der Waals surface area contributed by atoms with E-state index in [0.717, 1.165) is 34.6 Å². The molecule has 0 spiro atoms. The third-order valence-corrected chi connectivity index (χ3v) is 6.52. The number of piperazine rings is 1. The Morgan fingerprint density at radius 1 is 1.00 bits per heavy atom. The van der Waals surface area contributed by atoms with Crippen LogP contribution in [0.4, 0.5) is 8.78 Å². The number of hydrogen-bond donors (Lipinski definition) is 0. The first-order valence-electron chi connectivity index (χ1n) is 11.2. The van der Waals surface area contributed by atoms with Gasteiger partial charge in [-0.05, 0) is 49.8 Å². The predicted octanol–water partition coefficient (Wildman–Crippen LogP) is 4.48. The molecule has 1 aliphatic rings. The minimum absolute atomic E-state index is 0.0864. The van der Waals surface area contributed by atoms with Gasteiger partial charge < -0.3 is 9.80 Å². The van der Waals surface area contributed by atoms with Crippen LogP contribution in [0.3, 0.4) is 0 Å². The lowest BCUT2D eigenvalue weighted by molar-refractivity contribution is -0.127. The van der Waals surface area contributed by atoms with Crippen LogP contribution in [0.2, 0.25) is 5.02 Å². The number of rotatable bonds is 5. The van der Waals surface area contributed by atoms with Crippen molar-refractivity contribution in [3.8, 4) is 0 Å². The van der Waals surface area contributed by atoms with Crippen LogP contribution in [0.5, 0.6) is 0 Å². The summed E-state index contributed by atoms with van der Waals surface area (Å²) in [4.78, 5) is 28.5. The molecule has 1 saturated heterocycles. The Hall–Kier alpha value is -3.52. The van der Waals surface area contributed by atoms with Gasteiger partial charge >= 0.3 is 0 Å². The van der Waals surface area contributed by atoms with Crippen LogP contribution in [-0.2, 0) is 11.3 Å². The molecular weight excluding hydrogens is 474 g/mol. The Morgan fingerprint density at radius 2 is 1.69 bits per heavy atom.